The lowest BCUT2D eigenvalue weighted by Crippen LogP contribution is -2.06. The van der Waals surface area contributed by atoms with Gasteiger partial charge in [0.25, 0.3) is 0 Å². The molecule has 0 atom stereocenters. The molecule has 0 fully saturated rings. The van der Waals surface area contributed by atoms with Gasteiger partial charge in [0.1, 0.15) is 11.6 Å². The van der Waals surface area contributed by atoms with E-state index in [4.69, 9.17) is 4.74 Å². The molecule has 1 aliphatic heterocycles. The predicted molar refractivity (Wildman–Crippen MR) is 47.2 cm³/mol. The van der Waals surface area contributed by atoms with E-state index in [1.54, 1.807) is 0 Å². The first kappa shape index (κ1) is 8.19. The number of aromatic nitrogens is 3. The van der Waals surface area contributed by atoms with Crippen LogP contribution in [0.1, 0.15) is 11.6 Å². The van der Waals surface area contributed by atoms with Crippen LogP contribution in [0.3, 0.4) is 0 Å². The summed E-state index contributed by atoms with van der Waals surface area (Å²) in [5.41, 5.74) is 0. The number of fused-ring (bicyclic) bond motifs is 1. The summed E-state index contributed by atoms with van der Waals surface area (Å²) in [4.78, 5) is 0. The fourth-order valence-corrected chi connectivity index (χ4v) is 1.75. The van der Waals surface area contributed by atoms with E-state index in [9.17, 15) is 0 Å². The Bertz CT molecular complexity index is 274. The highest BCUT2D eigenvalue weighted by molar-refractivity contribution is 9.08. The van der Waals surface area contributed by atoms with E-state index >= 15 is 0 Å². The fourth-order valence-electron chi connectivity index (χ4n) is 1.34. The zero-order valence-corrected chi connectivity index (χ0v) is 8.25. The quantitative estimate of drug-likeness (QED) is 0.670. The maximum Gasteiger partial charge on any atom is 0.143 e. The minimum Gasteiger partial charge on any atom is -0.379 e. The monoisotopic (exact) mass is 231 g/mol. The molecule has 0 aromatic carbocycles. The molecule has 0 unspecified atom stereocenters. The van der Waals surface area contributed by atoms with E-state index in [1.165, 1.54) is 0 Å². The van der Waals surface area contributed by atoms with Crippen LogP contribution in [0, 0.1) is 0 Å². The van der Waals surface area contributed by atoms with Gasteiger partial charge in [-0.05, 0) is 0 Å². The minimum atomic E-state index is 0.764. The normalized spacial score (nSPS) is 17.1. The van der Waals surface area contributed by atoms with Crippen LogP contribution in [0.4, 0.5) is 0 Å². The van der Waals surface area contributed by atoms with Crippen molar-refractivity contribution in [2.75, 3.05) is 13.2 Å². The number of ether oxygens (including phenoxy) is 1. The van der Waals surface area contributed by atoms with Gasteiger partial charge in [-0.1, -0.05) is 15.9 Å². The van der Waals surface area contributed by atoms with Crippen LogP contribution in [0.5, 0.6) is 0 Å². The molecule has 0 N–H and O–H groups in total. The average Bonchev–Trinajstić information content (AvgIpc) is 2.33. The lowest BCUT2D eigenvalue weighted by molar-refractivity contribution is 0.139. The van der Waals surface area contributed by atoms with E-state index < -0.39 is 0 Å². The molecule has 66 valence electrons. The number of hydrogen-bond acceptors (Lipinski definition) is 3. The van der Waals surface area contributed by atoms with Gasteiger partial charge in [-0.3, -0.25) is 0 Å². The molecule has 0 saturated carbocycles. The first-order valence-electron chi connectivity index (χ1n) is 3.96. The van der Waals surface area contributed by atoms with Crippen molar-refractivity contribution in [2.45, 2.75) is 18.3 Å². The van der Waals surface area contributed by atoms with E-state index in [0.29, 0.717) is 0 Å². The molecule has 5 heteroatoms. The minimum absolute atomic E-state index is 0.764. The number of nitrogens with zero attached hydrogens (tertiary/aromatic N) is 3. The molecule has 1 aromatic rings. The highest BCUT2D eigenvalue weighted by atomic mass is 79.9. The van der Waals surface area contributed by atoms with Gasteiger partial charge in [0.2, 0.25) is 0 Å². The van der Waals surface area contributed by atoms with E-state index in [2.05, 4.69) is 30.7 Å². The summed E-state index contributed by atoms with van der Waals surface area (Å²) in [5.74, 6) is 2.04. The Morgan fingerprint density at radius 2 is 2.33 bits per heavy atom. The Morgan fingerprint density at radius 1 is 1.42 bits per heavy atom. The van der Waals surface area contributed by atoms with Crippen LogP contribution in [0.15, 0.2) is 0 Å². The van der Waals surface area contributed by atoms with E-state index in [-0.39, 0.29) is 0 Å². The molecule has 2 rings (SSSR count). The standard InChI is InChI=1S/C7H10BrN3O/c8-5-7-10-9-6-1-3-12-4-2-11(6)7/h1-5H2. The molecule has 4 nitrogen and oxygen atoms in total. The molecule has 2 heterocycles. The molecule has 1 aromatic heterocycles. The molecule has 0 bridgehead atoms. The maximum atomic E-state index is 5.33. The van der Waals surface area contributed by atoms with Crippen molar-refractivity contribution >= 4 is 15.9 Å². The highest BCUT2D eigenvalue weighted by Crippen LogP contribution is 2.09. The first-order valence-corrected chi connectivity index (χ1v) is 5.08. The summed E-state index contributed by atoms with van der Waals surface area (Å²) in [6.45, 7) is 2.41. The van der Waals surface area contributed by atoms with Gasteiger partial charge in [0, 0.05) is 13.0 Å². The van der Waals surface area contributed by atoms with Crippen LogP contribution in [0.2, 0.25) is 0 Å². The molecule has 1 aliphatic rings. The third-order valence-electron chi connectivity index (χ3n) is 1.95. The van der Waals surface area contributed by atoms with Gasteiger partial charge in [-0.25, -0.2) is 0 Å². The Hall–Kier alpha value is -0.420. The summed E-state index contributed by atoms with van der Waals surface area (Å²) < 4.78 is 7.46. The van der Waals surface area contributed by atoms with Gasteiger partial charge in [-0.2, -0.15) is 0 Å². The number of halogens is 1. The summed E-state index contributed by atoms with van der Waals surface area (Å²) in [7, 11) is 0. The van der Waals surface area contributed by atoms with Crippen molar-refractivity contribution < 1.29 is 4.74 Å². The number of rotatable bonds is 1. The van der Waals surface area contributed by atoms with Crippen molar-refractivity contribution in [1.29, 1.82) is 0 Å². The van der Waals surface area contributed by atoms with Crippen LogP contribution in [-0.2, 0) is 23.0 Å². The van der Waals surface area contributed by atoms with Crippen molar-refractivity contribution in [3.63, 3.8) is 0 Å². The summed E-state index contributed by atoms with van der Waals surface area (Å²) >= 11 is 3.38. The zero-order chi connectivity index (χ0) is 8.39. The maximum absolute atomic E-state index is 5.33. The van der Waals surface area contributed by atoms with Crippen LogP contribution in [-0.4, -0.2) is 28.0 Å². The second-order valence-corrected chi connectivity index (χ2v) is 3.24. The van der Waals surface area contributed by atoms with Crippen molar-refractivity contribution in [3.05, 3.63) is 11.6 Å². The number of alkyl halides is 1. The SMILES string of the molecule is BrCc1nnc2n1CCOCC2. The molecule has 0 spiro atoms. The highest BCUT2D eigenvalue weighted by Gasteiger charge is 2.13. The molecule has 0 radical (unpaired) electrons. The lowest BCUT2D eigenvalue weighted by atomic mass is 10.4. The topological polar surface area (TPSA) is 39.9 Å². The molecule has 0 saturated heterocycles. The van der Waals surface area contributed by atoms with Crippen molar-refractivity contribution in [2.24, 2.45) is 0 Å². The van der Waals surface area contributed by atoms with Crippen molar-refractivity contribution in [1.82, 2.24) is 14.8 Å². The van der Waals surface area contributed by atoms with Crippen molar-refractivity contribution in [3.8, 4) is 0 Å². The summed E-state index contributed by atoms with van der Waals surface area (Å²) in [5, 5.41) is 8.92. The van der Waals surface area contributed by atoms with Crippen LogP contribution in [0.25, 0.3) is 0 Å². The Balaban J connectivity index is 2.32. The Morgan fingerprint density at radius 3 is 3.17 bits per heavy atom. The van der Waals surface area contributed by atoms with Gasteiger partial charge < -0.3 is 9.30 Å². The Labute approximate surface area is 79.1 Å². The molecule has 0 aliphatic carbocycles. The first-order chi connectivity index (χ1) is 5.92. The smallest absolute Gasteiger partial charge is 0.143 e. The van der Waals surface area contributed by atoms with Crippen LogP contribution >= 0.6 is 15.9 Å². The predicted octanol–water partition coefficient (Wildman–Crippen LogP) is 0.746. The molecule has 0 amide bonds. The van der Waals surface area contributed by atoms with Gasteiger partial charge in [0.05, 0.1) is 18.5 Å². The molecular formula is C7H10BrN3O. The molecule has 12 heavy (non-hydrogen) atoms. The largest absolute Gasteiger partial charge is 0.379 e. The number of hydrogen-bond donors (Lipinski definition) is 0. The van der Waals surface area contributed by atoms with E-state index in [0.717, 1.165) is 43.2 Å². The van der Waals surface area contributed by atoms with Gasteiger partial charge in [0.15, 0.2) is 0 Å². The fraction of sp³-hybridized carbons (Fsp3) is 0.714. The van der Waals surface area contributed by atoms with Crippen LogP contribution < -0.4 is 0 Å². The second kappa shape index (κ2) is 3.53. The summed E-state index contributed by atoms with van der Waals surface area (Å²) in [6, 6.07) is 0. The lowest BCUT2D eigenvalue weighted by Gasteiger charge is -2.02. The van der Waals surface area contributed by atoms with E-state index in [1.807, 2.05) is 0 Å². The zero-order valence-electron chi connectivity index (χ0n) is 6.66. The third kappa shape index (κ3) is 1.38. The average molecular weight is 232 g/mol. The van der Waals surface area contributed by atoms with Gasteiger partial charge >= 0.3 is 0 Å². The molecular weight excluding hydrogens is 222 g/mol. The third-order valence-corrected chi connectivity index (χ3v) is 2.45. The van der Waals surface area contributed by atoms with Gasteiger partial charge in [-0.15, -0.1) is 10.2 Å². The second-order valence-electron chi connectivity index (χ2n) is 2.68. The summed E-state index contributed by atoms with van der Waals surface area (Å²) in [6.07, 6.45) is 0.875. The Kier molecular flexibility index (Phi) is 2.41.